The maximum atomic E-state index is 5.90. The SMILES string of the molecule is CC(C)CC(N)COc1ccccc1. The summed E-state index contributed by atoms with van der Waals surface area (Å²) in [4.78, 5) is 0. The molecule has 0 spiro atoms. The molecule has 1 rings (SSSR count). The topological polar surface area (TPSA) is 35.2 Å². The van der Waals surface area contributed by atoms with Crippen molar-refractivity contribution >= 4 is 0 Å². The Labute approximate surface area is 86.1 Å². The predicted octanol–water partition coefficient (Wildman–Crippen LogP) is 2.44. The van der Waals surface area contributed by atoms with Crippen LogP contribution in [0.15, 0.2) is 30.3 Å². The fourth-order valence-corrected chi connectivity index (χ4v) is 1.39. The number of hydrogen-bond donors (Lipinski definition) is 1. The van der Waals surface area contributed by atoms with E-state index >= 15 is 0 Å². The Balaban J connectivity index is 2.27. The number of rotatable bonds is 5. The lowest BCUT2D eigenvalue weighted by Crippen LogP contribution is -2.29. The largest absolute Gasteiger partial charge is 0.492 e. The molecule has 0 aliphatic heterocycles. The molecule has 14 heavy (non-hydrogen) atoms. The summed E-state index contributed by atoms with van der Waals surface area (Å²) in [7, 11) is 0. The molecule has 2 heteroatoms. The molecule has 1 aromatic rings. The summed E-state index contributed by atoms with van der Waals surface area (Å²) >= 11 is 0. The van der Waals surface area contributed by atoms with Gasteiger partial charge in [-0.3, -0.25) is 0 Å². The Bertz CT molecular complexity index is 246. The highest BCUT2D eigenvalue weighted by Crippen LogP contribution is 2.10. The average molecular weight is 193 g/mol. The smallest absolute Gasteiger partial charge is 0.119 e. The van der Waals surface area contributed by atoms with Crippen LogP contribution in [0.5, 0.6) is 5.75 Å². The highest BCUT2D eigenvalue weighted by atomic mass is 16.5. The molecule has 1 atom stereocenters. The van der Waals surface area contributed by atoms with E-state index in [9.17, 15) is 0 Å². The van der Waals surface area contributed by atoms with Crippen LogP contribution < -0.4 is 10.5 Å². The Morgan fingerprint density at radius 2 is 1.86 bits per heavy atom. The van der Waals surface area contributed by atoms with Gasteiger partial charge in [-0.1, -0.05) is 32.0 Å². The fourth-order valence-electron chi connectivity index (χ4n) is 1.39. The first-order chi connectivity index (χ1) is 6.68. The third-order valence-electron chi connectivity index (χ3n) is 1.98. The van der Waals surface area contributed by atoms with Gasteiger partial charge < -0.3 is 10.5 Å². The van der Waals surface area contributed by atoms with Crippen molar-refractivity contribution in [2.45, 2.75) is 26.3 Å². The zero-order valence-corrected chi connectivity index (χ0v) is 8.94. The molecule has 0 bridgehead atoms. The summed E-state index contributed by atoms with van der Waals surface area (Å²) < 4.78 is 5.54. The molecule has 1 unspecified atom stereocenters. The highest BCUT2D eigenvalue weighted by Gasteiger charge is 2.05. The van der Waals surface area contributed by atoms with E-state index in [1.807, 2.05) is 30.3 Å². The Morgan fingerprint density at radius 3 is 2.43 bits per heavy atom. The number of para-hydroxylation sites is 1. The quantitative estimate of drug-likeness (QED) is 0.779. The van der Waals surface area contributed by atoms with Gasteiger partial charge in [0.25, 0.3) is 0 Å². The van der Waals surface area contributed by atoms with Crippen molar-refractivity contribution in [3.63, 3.8) is 0 Å². The molecule has 0 fully saturated rings. The van der Waals surface area contributed by atoms with Gasteiger partial charge in [0.15, 0.2) is 0 Å². The van der Waals surface area contributed by atoms with E-state index in [0.717, 1.165) is 12.2 Å². The van der Waals surface area contributed by atoms with Gasteiger partial charge in [0.1, 0.15) is 12.4 Å². The maximum Gasteiger partial charge on any atom is 0.119 e. The van der Waals surface area contributed by atoms with Gasteiger partial charge in [0, 0.05) is 6.04 Å². The lowest BCUT2D eigenvalue weighted by Gasteiger charge is -2.14. The summed E-state index contributed by atoms with van der Waals surface area (Å²) in [6, 6.07) is 9.92. The minimum absolute atomic E-state index is 0.134. The van der Waals surface area contributed by atoms with Crippen molar-refractivity contribution in [1.29, 1.82) is 0 Å². The standard InChI is InChI=1S/C12H19NO/c1-10(2)8-11(13)9-14-12-6-4-3-5-7-12/h3-7,10-11H,8-9,13H2,1-2H3. The zero-order valence-electron chi connectivity index (χ0n) is 8.94. The van der Waals surface area contributed by atoms with Crippen molar-refractivity contribution in [3.8, 4) is 5.75 Å². The van der Waals surface area contributed by atoms with E-state index in [2.05, 4.69) is 13.8 Å². The third kappa shape index (κ3) is 4.28. The molecule has 2 N–H and O–H groups in total. The van der Waals surface area contributed by atoms with Crippen LogP contribution in [0.25, 0.3) is 0 Å². The van der Waals surface area contributed by atoms with Crippen LogP contribution >= 0.6 is 0 Å². The molecule has 0 radical (unpaired) electrons. The molecule has 1 aromatic carbocycles. The molecule has 0 aliphatic rings. The first-order valence-corrected chi connectivity index (χ1v) is 5.12. The lowest BCUT2D eigenvalue weighted by atomic mass is 10.1. The van der Waals surface area contributed by atoms with E-state index < -0.39 is 0 Å². The molecule has 0 amide bonds. The first kappa shape index (κ1) is 11.1. The Hall–Kier alpha value is -1.02. The predicted molar refractivity (Wildman–Crippen MR) is 59.4 cm³/mol. The maximum absolute atomic E-state index is 5.90. The van der Waals surface area contributed by atoms with Crippen LogP contribution in [0, 0.1) is 5.92 Å². The van der Waals surface area contributed by atoms with Crippen LogP contribution in [0.2, 0.25) is 0 Å². The van der Waals surface area contributed by atoms with Crippen LogP contribution in [-0.4, -0.2) is 12.6 Å². The molecular weight excluding hydrogens is 174 g/mol. The first-order valence-electron chi connectivity index (χ1n) is 5.12. The highest BCUT2D eigenvalue weighted by molar-refractivity contribution is 5.20. The monoisotopic (exact) mass is 193 g/mol. The van der Waals surface area contributed by atoms with Gasteiger partial charge in [-0.05, 0) is 24.5 Å². The van der Waals surface area contributed by atoms with Crippen molar-refractivity contribution < 1.29 is 4.74 Å². The summed E-state index contributed by atoms with van der Waals surface area (Å²) in [5, 5.41) is 0. The van der Waals surface area contributed by atoms with Gasteiger partial charge in [-0.15, -0.1) is 0 Å². The third-order valence-corrected chi connectivity index (χ3v) is 1.98. The van der Waals surface area contributed by atoms with Gasteiger partial charge in [-0.2, -0.15) is 0 Å². The second-order valence-electron chi connectivity index (χ2n) is 4.01. The molecule has 0 aliphatic carbocycles. The molecule has 0 heterocycles. The molecule has 0 saturated carbocycles. The number of hydrogen-bond acceptors (Lipinski definition) is 2. The molecule has 0 aromatic heterocycles. The van der Waals surface area contributed by atoms with Crippen LogP contribution in [-0.2, 0) is 0 Å². The van der Waals surface area contributed by atoms with Gasteiger partial charge in [0.2, 0.25) is 0 Å². The van der Waals surface area contributed by atoms with Crippen molar-refractivity contribution in [3.05, 3.63) is 30.3 Å². The van der Waals surface area contributed by atoms with E-state index in [-0.39, 0.29) is 6.04 Å². The molecular formula is C12H19NO. The zero-order chi connectivity index (χ0) is 10.4. The minimum Gasteiger partial charge on any atom is -0.492 e. The Morgan fingerprint density at radius 1 is 1.21 bits per heavy atom. The van der Waals surface area contributed by atoms with E-state index in [1.165, 1.54) is 0 Å². The molecule has 78 valence electrons. The summed E-state index contributed by atoms with van der Waals surface area (Å²) in [5.41, 5.74) is 5.90. The van der Waals surface area contributed by atoms with Crippen LogP contribution in [0.3, 0.4) is 0 Å². The van der Waals surface area contributed by atoms with Crippen molar-refractivity contribution in [1.82, 2.24) is 0 Å². The molecule has 0 saturated heterocycles. The van der Waals surface area contributed by atoms with E-state index in [0.29, 0.717) is 12.5 Å². The summed E-state index contributed by atoms with van der Waals surface area (Å²) in [6.45, 7) is 4.94. The van der Waals surface area contributed by atoms with Crippen molar-refractivity contribution in [2.75, 3.05) is 6.61 Å². The number of ether oxygens (including phenoxy) is 1. The number of benzene rings is 1. The van der Waals surface area contributed by atoms with E-state index in [4.69, 9.17) is 10.5 Å². The second kappa shape index (κ2) is 5.66. The van der Waals surface area contributed by atoms with Crippen LogP contribution in [0.1, 0.15) is 20.3 Å². The normalized spacial score (nSPS) is 12.9. The van der Waals surface area contributed by atoms with Gasteiger partial charge in [-0.25, -0.2) is 0 Å². The lowest BCUT2D eigenvalue weighted by molar-refractivity contribution is 0.271. The molecule has 2 nitrogen and oxygen atoms in total. The second-order valence-corrected chi connectivity index (χ2v) is 4.01. The minimum atomic E-state index is 0.134. The fraction of sp³-hybridized carbons (Fsp3) is 0.500. The summed E-state index contributed by atoms with van der Waals surface area (Å²) in [5.74, 6) is 1.52. The summed E-state index contributed by atoms with van der Waals surface area (Å²) in [6.07, 6.45) is 1.01. The van der Waals surface area contributed by atoms with Gasteiger partial charge >= 0.3 is 0 Å². The van der Waals surface area contributed by atoms with E-state index in [1.54, 1.807) is 0 Å². The number of nitrogens with two attached hydrogens (primary N) is 1. The van der Waals surface area contributed by atoms with Crippen LogP contribution in [0.4, 0.5) is 0 Å². The van der Waals surface area contributed by atoms with Gasteiger partial charge in [0.05, 0.1) is 0 Å². The average Bonchev–Trinajstić information content (AvgIpc) is 2.15. The van der Waals surface area contributed by atoms with Crippen molar-refractivity contribution in [2.24, 2.45) is 11.7 Å². The Kier molecular flexibility index (Phi) is 4.47.